The Morgan fingerprint density at radius 2 is 1.86 bits per heavy atom. The van der Waals surface area contributed by atoms with Crippen molar-refractivity contribution in [3.05, 3.63) is 29.8 Å². The maximum absolute atomic E-state index is 5.40. The van der Waals surface area contributed by atoms with E-state index in [1.807, 2.05) is 12.1 Å². The van der Waals surface area contributed by atoms with E-state index in [0.29, 0.717) is 6.04 Å². The van der Waals surface area contributed by atoms with Gasteiger partial charge in [-0.25, -0.2) is 0 Å². The van der Waals surface area contributed by atoms with Crippen LogP contribution in [-0.2, 0) is 6.54 Å². The third-order valence-electron chi connectivity index (χ3n) is 3.80. The van der Waals surface area contributed by atoms with E-state index < -0.39 is 0 Å². The Morgan fingerprint density at radius 1 is 1.14 bits per heavy atom. The average molecular weight is 292 g/mol. The van der Waals surface area contributed by atoms with Gasteiger partial charge >= 0.3 is 0 Å². The van der Waals surface area contributed by atoms with E-state index in [1.165, 1.54) is 18.4 Å². The predicted molar refractivity (Wildman–Crippen MR) is 90.9 cm³/mol. The van der Waals surface area contributed by atoms with Crippen LogP contribution in [0.4, 0.5) is 0 Å². The summed E-state index contributed by atoms with van der Waals surface area (Å²) in [5, 5.41) is 3.61. The van der Waals surface area contributed by atoms with Crippen molar-refractivity contribution in [2.24, 2.45) is 5.92 Å². The molecule has 1 aromatic rings. The minimum atomic E-state index is 0.604. The lowest BCUT2D eigenvalue weighted by atomic mass is 10.0. The number of benzene rings is 1. The highest BCUT2D eigenvalue weighted by Crippen LogP contribution is 2.18. The topological polar surface area (TPSA) is 24.5 Å². The van der Waals surface area contributed by atoms with Gasteiger partial charge in [-0.05, 0) is 38.8 Å². The molecular formula is C18H32N2O. The number of nitrogens with zero attached hydrogens (tertiary/aromatic N) is 1. The Balaban J connectivity index is 2.26. The minimum Gasteiger partial charge on any atom is -0.496 e. The highest BCUT2D eigenvalue weighted by Gasteiger charge is 2.07. The molecule has 1 N–H and O–H groups in total. The lowest BCUT2D eigenvalue weighted by Crippen LogP contribution is -2.34. The van der Waals surface area contributed by atoms with Gasteiger partial charge < -0.3 is 15.0 Å². The molecule has 0 aliphatic rings. The molecule has 0 amide bonds. The van der Waals surface area contributed by atoms with Crippen LogP contribution in [0.2, 0.25) is 0 Å². The molecule has 1 atom stereocenters. The molecule has 21 heavy (non-hydrogen) atoms. The molecule has 1 rings (SSSR count). The van der Waals surface area contributed by atoms with Crippen LogP contribution in [0.5, 0.6) is 5.75 Å². The third-order valence-corrected chi connectivity index (χ3v) is 3.80. The molecule has 120 valence electrons. The summed E-state index contributed by atoms with van der Waals surface area (Å²) in [4.78, 5) is 2.33. The molecule has 0 radical (unpaired) electrons. The third kappa shape index (κ3) is 7.49. The van der Waals surface area contributed by atoms with Gasteiger partial charge in [0.25, 0.3) is 0 Å². The Morgan fingerprint density at radius 3 is 2.52 bits per heavy atom. The van der Waals surface area contributed by atoms with E-state index in [0.717, 1.165) is 31.3 Å². The summed E-state index contributed by atoms with van der Waals surface area (Å²) < 4.78 is 5.40. The summed E-state index contributed by atoms with van der Waals surface area (Å²) in [7, 11) is 3.89. The van der Waals surface area contributed by atoms with Crippen molar-refractivity contribution in [2.45, 2.75) is 46.2 Å². The second kappa shape index (κ2) is 9.80. The molecule has 0 aromatic heterocycles. The zero-order chi connectivity index (χ0) is 15.7. The largest absolute Gasteiger partial charge is 0.496 e. The quantitative estimate of drug-likeness (QED) is 0.714. The van der Waals surface area contributed by atoms with Crippen molar-refractivity contribution in [3.8, 4) is 5.75 Å². The molecule has 3 heteroatoms. The fourth-order valence-corrected chi connectivity index (χ4v) is 2.39. The number of methoxy groups -OCH3 is 1. The van der Waals surface area contributed by atoms with Gasteiger partial charge in [0.1, 0.15) is 5.75 Å². The highest BCUT2D eigenvalue weighted by molar-refractivity contribution is 5.32. The molecule has 1 aromatic carbocycles. The second-order valence-corrected chi connectivity index (χ2v) is 6.38. The summed E-state index contributed by atoms with van der Waals surface area (Å²) in [5.74, 6) is 1.77. The lowest BCUT2D eigenvalue weighted by molar-refractivity contribution is 0.307. The van der Waals surface area contributed by atoms with Gasteiger partial charge in [-0.3, -0.25) is 0 Å². The number of nitrogens with one attached hydrogen (secondary N) is 1. The normalized spacial score (nSPS) is 12.9. The highest BCUT2D eigenvalue weighted by atomic mass is 16.5. The zero-order valence-corrected chi connectivity index (χ0v) is 14.4. The van der Waals surface area contributed by atoms with Crippen molar-refractivity contribution in [3.63, 3.8) is 0 Å². The van der Waals surface area contributed by atoms with Crippen LogP contribution in [-0.4, -0.2) is 38.2 Å². The number of hydrogen-bond donors (Lipinski definition) is 1. The van der Waals surface area contributed by atoms with E-state index in [9.17, 15) is 0 Å². The van der Waals surface area contributed by atoms with Crippen molar-refractivity contribution in [1.82, 2.24) is 10.2 Å². The minimum absolute atomic E-state index is 0.604. The Kier molecular flexibility index (Phi) is 8.40. The smallest absolute Gasteiger partial charge is 0.123 e. The van der Waals surface area contributed by atoms with Gasteiger partial charge in [0.2, 0.25) is 0 Å². The van der Waals surface area contributed by atoms with Crippen LogP contribution in [0.1, 0.15) is 39.2 Å². The number of rotatable bonds is 10. The van der Waals surface area contributed by atoms with E-state index >= 15 is 0 Å². The summed E-state index contributed by atoms with van der Waals surface area (Å²) in [6.45, 7) is 9.85. The molecular weight excluding hydrogens is 260 g/mol. The Hall–Kier alpha value is -1.06. The first kappa shape index (κ1) is 18.0. The standard InChI is InChI=1S/C18H32N2O/c1-15(2)10-11-16(3)19-12-13-20(4)14-17-8-6-7-9-18(17)21-5/h6-9,15-16,19H,10-14H2,1-5H3. The zero-order valence-electron chi connectivity index (χ0n) is 14.4. The fraction of sp³-hybridized carbons (Fsp3) is 0.667. The van der Waals surface area contributed by atoms with Gasteiger partial charge in [0.05, 0.1) is 7.11 Å². The molecule has 0 aliphatic heterocycles. The van der Waals surface area contributed by atoms with Gasteiger partial charge in [0, 0.05) is 31.2 Å². The molecule has 0 fully saturated rings. The molecule has 0 spiro atoms. The molecule has 3 nitrogen and oxygen atoms in total. The fourth-order valence-electron chi connectivity index (χ4n) is 2.39. The average Bonchev–Trinajstić information content (AvgIpc) is 2.45. The molecule has 0 bridgehead atoms. The van der Waals surface area contributed by atoms with Crippen molar-refractivity contribution < 1.29 is 4.74 Å². The summed E-state index contributed by atoms with van der Waals surface area (Å²) in [5.41, 5.74) is 1.25. The maximum atomic E-state index is 5.40. The first-order chi connectivity index (χ1) is 10.0. The second-order valence-electron chi connectivity index (χ2n) is 6.38. The number of ether oxygens (including phenoxy) is 1. The van der Waals surface area contributed by atoms with Crippen LogP contribution in [0.3, 0.4) is 0 Å². The molecule has 0 heterocycles. The molecule has 0 saturated carbocycles. The van der Waals surface area contributed by atoms with Crippen LogP contribution in [0, 0.1) is 5.92 Å². The first-order valence-corrected chi connectivity index (χ1v) is 8.06. The number of para-hydroxylation sites is 1. The van der Waals surface area contributed by atoms with Crippen molar-refractivity contribution in [2.75, 3.05) is 27.2 Å². The number of likely N-dealkylation sites (N-methyl/N-ethyl adjacent to an activating group) is 1. The van der Waals surface area contributed by atoms with Gasteiger partial charge in [-0.2, -0.15) is 0 Å². The van der Waals surface area contributed by atoms with E-state index in [-0.39, 0.29) is 0 Å². The summed E-state index contributed by atoms with van der Waals surface area (Å²) in [6, 6.07) is 8.84. The van der Waals surface area contributed by atoms with Crippen LogP contribution >= 0.6 is 0 Å². The Labute approximate surface area is 130 Å². The monoisotopic (exact) mass is 292 g/mol. The Bertz CT molecular complexity index is 393. The molecule has 0 aliphatic carbocycles. The van der Waals surface area contributed by atoms with Crippen LogP contribution in [0.15, 0.2) is 24.3 Å². The SMILES string of the molecule is COc1ccccc1CN(C)CCNC(C)CCC(C)C. The van der Waals surface area contributed by atoms with E-state index in [4.69, 9.17) is 4.74 Å². The first-order valence-electron chi connectivity index (χ1n) is 8.06. The van der Waals surface area contributed by atoms with Gasteiger partial charge in [-0.15, -0.1) is 0 Å². The predicted octanol–water partition coefficient (Wildman–Crippen LogP) is 3.54. The summed E-state index contributed by atoms with van der Waals surface area (Å²) >= 11 is 0. The molecule has 0 saturated heterocycles. The van der Waals surface area contributed by atoms with Gasteiger partial charge in [-0.1, -0.05) is 32.0 Å². The molecule has 1 unspecified atom stereocenters. The van der Waals surface area contributed by atoms with E-state index in [2.05, 4.69) is 50.2 Å². The van der Waals surface area contributed by atoms with Crippen molar-refractivity contribution >= 4 is 0 Å². The lowest BCUT2D eigenvalue weighted by Gasteiger charge is -2.20. The number of hydrogen-bond acceptors (Lipinski definition) is 3. The van der Waals surface area contributed by atoms with E-state index in [1.54, 1.807) is 7.11 Å². The maximum Gasteiger partial charge on any atom is 0.123 e. The van der Waals surface area contributed by atoms with Gasteiger partial charge in [0.15, 0.2) is 0 Å². The summed E-state index contributed by atoms with van der Waals surface area (Å²) in [6.07, 6.45) is 2.55. The van der Waals surface area contributed by atoms with Crippen LogP contribution < -0.4 is 10.1 Å². The van der Waals surface area contributed by atoms with Crippen LogP contribution in [0.25, 0.3) is 0 Å². The van der Waals surface area contributed by atoms with Crippen molar-refractivity contribution in [1.29, 1.82) is 0 Å².